The van der Waals surface area contributed by atoms with Crippen LogP contribution in [0.2, 0.25) is 0 Å². The van der Waals surface area contributed by atoms with Crippen LogP contribution in [-0.2, 0) is 5.41 Å². The van der Waals surface area contributed by atoms with Gasteiger partial charge in [0, 0.05) is 5.41 Å². The maximum atomic E-state index is 9.87. The van der Waals surface area contributed by atoms with E-state index in [1.54, 1.807) is 12.1 Å². The third kappa shape index (κ3) is 3.36. The Morgan fingerprint density at radius 2 is 1.04 bits per heavy atom. The number of benzene rings is 2. The van der Waals surface area contributed by atoms with Gasteiger partial charge >= 0.3 is 0 Å². The summed E-state index contributed by atoms with van der Waals surface area (Å²) in [6, 6.07) is 11.3. The molecule has 0 aromatic heterocycles. The van der Waals surface area contributed by atoms with E-state index >= 15 is 0 Å². The van der Waals surface area contributed by atoms with Crippen molar-refractivity contribution in [2.45, 2.75) is 58.8 Å². The van der Waals surface area contributed by atoms with Crippen molar-refractivity contribution in [1.82, 2.24) is 0 Å². The highest BCUT2D eigenvalue weighted by Crippen LogP contribution is 2.41. The van der Waals surface area contributed by atoms with Crippen LogP contribution in [0.3, 0.4) is 0 Å². The number of hydrogen-bond acceptors (Lipinski definition) is 2. The van der Waals surface area contributed by atoms with E-state index in [-0.39, 0.29) is 5.41 Å². The van der Waals surface area contributed by atoms with Crippen LogP contribution in [0.4, 0.5) is 0 Å². The maximum absolute atomic E-state index is 9.87. The van der Waals surface area contributed by atoms with Crippen LogP contribution in [0.15, 0.2) is 36.4 Å². The zero-order valence-corrected chi connectivity index (χ0v) is 15.0. The first-order valence-corrected chi connectivity index (χ1v) is 8.31. The van der Waals surface area contributed by atoms with Gasteiger partial charge in [-0.1, -0.05) is 53.7 Å². The molecular weight excluding hydrogens is 284 g/mol. The van der Waals surface area contributed by atoms with Crippen molar-refractivity contribution in [3.63, 3.8) is 0 Å². The Morgan fingerprint density at radius 1 is 0.696 bits per heavy atom. The topological polar surface area (TPSA) is 40.5 Å². The van der Waals surface area contributed by atoms with Gasteiger partial charge in [0.25, 0.3) is 0 Å². The molecule has 0 saturated heterocycles. The number of aromatic hydroxyl groups is 2. The van der Waals surface area contributed by atoms with Crippen LogP contribution < -0.4 is 0 Å². The third-order valence-corrected chi connectivity index (χ3v) is 4.66. The molecule has 0 amide bonds. The summed E-state index contributed by atoms with van der Waals surface area (Å²) in [5.41, 5.74) is 4.56. The molecule has 23 heavy (non-hydrogen) atoms. The first kappa shape index (κ1) is 17.4. The van der Waals surface area contributed by atoms with Gasteiger partial charge in [0.2, 0.25) is 0 Å². The predicted octanol–water partition coefficient (Wildman–Crippen LogP) is 5.67. The molecule has 2 heteroatoms. The average Bonchev–Trinajstić information content (AvgIpc) is 2.46. The van der Waals surface area contributed by atoms with Gasteiger partial charge in [0.05, 0.1) is 0 Å². The summed E-state index contributed by atoms with van der Waals surface area (Å²) in [6.45, 7) is 13.0. The van der Waals surface area contributed by atoms with Gasteiger partial charge in [-0.3, -0.25) is 0 Å². The highest BCUT2D eigenvalue weighted by molar-refractivity contribution is 5.50. The van der Waals surface area contributed by atoms with Crippen molar-refractivity contribution < 1.29 is 10.2 Å². The molecule has 0 heterocycles. The van der Waals surface area contributed by atoms with Crippen LogP contribution in [0.1, 0.15) is 75.6 Å². The molecule has 0 aliphatic rings. The minimum absolute atomic E-state index is 0.208. The second kappa shape index (κ2) is 6.27. The van der Waals surface area contributed by atoms with Crippen molar-refractivity contribution in [3.8, 4) is 11.5 Å². The molecule has 2 aromatic carbocycles. The molecule has 0 aliphatic carbocycles. The molecule has 0 radical (unpaired) electrons. The molecule has 0 aliphatic heterocycles. The maximum Gasteiger partial charge on any atom is 0.115 e. The van der Waals surface area contributed by atoms with E-state index in [4.69, 9.17) is 0 Å². The lowest BCUT2D eigenvalue weighted by atomic mass is 9.71. The zero-order valence-electron chi connectivity index (χ0n) is 15.0. The highest BCUT2D eigenvalue weighted by Gasteiger charge is 2.29. The zero-order chi connectivity index (χ0) is 17.4. The Balaban J connectivity index is 2.68. The third-order valence-electron chi connectivity index (χ3n) is 4.66. The molecule has 0 atom stereocenters. The first-order chi connectivity index (χ1) is 10.6. The fourth-order valence-electron chi connectivity index (χ4n) is 3.34. The fraction of sp³-hybridized carbons (Fsp3) is 0.429. The smallest absolute Gasteiger partial charge is 0.115 e. The number of phenolic OH excluding ortho intramolecular Hbond substituents is 2. The van der Waals surface area contributed by atoms with Crippen LogP contribution in [0.5, 0.6) is 11.5 Å². The molecule has 0 fully saturated rings. The van der Waals surface area contributed by atoms with Crippen LogP contribution in [0, 0.1) is 0 Å². The van der Waals surface area contributed by atoms with Gasteiger partial charge in [0.15, 0.2) is 0 Å². The Bertz CT molecular complexity index is 637. The van der Waals surface area contributed by atoms with E-state index in [2.05, 4.69) is 41.5 Å². The Morgan fingerprint density at radius 3 is 1.35 bits per heavy atom. The number of hydrogen-bond donors (Lipinski definition) is 2. The molecule has 0 bridgehead atoms. The van der Waals surface area contributed by atoms with Gasteiger partial charge in [0.1, 0.15) is 11.5 Å². The summed E-state index contributed by atoms with van der Waals surface area (Å²) in [5, 5.41) is 19.7. The van der Waals surface area contributed by atoms with E-state index < -0.39 is 0 Å². The van der Waals surface area contributed by atoms with Gasteiger partial charge in [-0.25, -0.2) is 0 Å². The van der Waals surface area contributed by atoms with Crippen LogP contribution >= 0.6 is 0 Å². The minimum Gasteiger partial charge on any atom is -0.508 e. The summed E-state index contributed by atoms with van der Waals surface area (Å²) in [5.74, 6) is 1.28. The Kier molecular flexibility index (Phi) is 4.74. The van der Waals surface area contributed by atoms with Crippen molar-refractivity contribution in [2.24, 2.45) is 0 Å². The molecule has 0 unspecified atom stereocenters. The second-order valence-corrected chi connectivity index (χ2v) is 7.48. The molecular formula is C21H28O2. The summed E-state index contributed by atoms with van der Waals surface area (Å²) in [4.78, 5) is 0. The van der Waals surface area contributed by atoms with Gasteiger partial charge in [-0.2, -0.15) is 0 Å². The lowest BCUT2D eigenvalue weighted by Gasteiger charge is -2.32. The van der Waals surface area contributed by atoms with Crippen molar-refractivity contribution in [3.05, 3.63) is 58.7 Å². The predicted molar refractivity (Wildman–Crippen MR) is 96.5 cm³/mol. The second-order valence-electron chi connectivity index (χ2n) is 7.48. The molecule has 0 saturated carbocycles. The van der Waals surface area contributed by atoms with Crippen LogP contribution in [0.25, 0.3) is 0 Å². The Labute approximate surface area is 139 Å². The van der Waals surface area contributed by atoms with Crippen LogP contribution in [-0.4, -0.2) is 10.2 Å². The molecule has 124 valence electrons. The van der Waals surface area contributed by atoms with Crippen molar-refractivity contribution >= 4 is 0 Å². The van der Waals surface area contributed by atoms with Gasteiger partial charge < -0.3 is 10.2 Å². The minimum atomic E-state index is -0.208. The number of rotatable bonds is 4. The van der Waals surface area contributed by atoms with Crippen molar-refractivity contribution in [2.75, 3.05) is 0 Å². The molecule has 0 spiro atoms. The van der Waals surface area contributed by atoms with E-state index in [0.29, 0.717) is 23.3 Å². The quantitative estimate of drug-likeness (QED) is 0.763. The largest absolute Gasteiger partial charge is 0.508 e. The summed E-state index contributed by atoms with van der Waals surface area (Å²) >= 11 is 0. The fourth-order valence-corrected chi connectivity index (χ4v) is 3.34. The Hall–Kier alpha value is -1.96. The standard InChI is InChI=1S/C21H28O2/c1-13(2)17-11-15(22)7-9-19(17)21(5,6)20-10-8-16(23)12-18(20)14(3)4/h7-14,22-23H,1-6H3. The molecule has 2 nitrogen and oxygen atoms in total. The summed E-state index contributed by atoms with van der Waals surface area (Å²) in [7, 11) is 0. The molecule has 2 rings (SSSR count). The summed E-state index contributed by atoms with van der Waals surface area (Å²) < 4.78 is 0. The SMILES string of the molecule is CC(C)c1cc(O)ccc1C(C)(C)c1ccc(O)cc1C(C)C. The van der Waals surface area contributed by atoms with Gasteiger partial charge in [-0.05, 0) is 58.4 Å². The summed E-state index contributed by atoms with van der Waals surface area (Å²) in [6.07, 6.45) is 0. The molecule has 2 aromatic rings. The lowest BCUT2D eigenvalue weighted by Crippen LogP contribution is -2.23. The van der Waals surface area contributed by atoms with Gasteiger partial charge in [-0.15, -0.1) is 0 Å². The van der Waals surface area contributed by atoms with E-state index in [1.165, 1.54) is 11.1 Å². The average molecular weight is 312 g/mol. The van der Waals surface area contributed by atoms with Crippen molar-refractivity contribution in [1.29, 1.82) is 0 Å². The van der Waals surface area contributed by atoms with E-state index in [1.807, 2.05) is 24.3 Å². The lowest BCUT2D eigenvalue weighted by molar-refractivity contribution is 0.471. The van der Waals surface area contributed by atoms with E-state index in [0.717, 1.165) is 11.1 Å². The monoisotopic (exact) mass is 312 g/mol. The number of phenols is 2. The van der Waals surface area contributed by atoms with E-state index in [9.17, 15) is 10.2 Å². The first-order valence-electron chi connectivity index (χ1n) is 8.31. The normalized spacial score (nSPS) is 12.2. The molecule has 2 N–H and O–H groups in total. The highest BCUT2D eigenvalue weighted by atomic mass is 16.3.